The van der Waals surface area contributed by atoms with E-state index in [2.05, 4.69) is 11.4 Å². The fourth-order valence-corrected chi connectivity index (χ4v) is 6.07. The lowest BCUT2D eigenvalue weighted by Crippen LogP contribution is -2.66. The zero-order valence-corrected chi connectivity index (χ0v) is 27.9. The molecule has 1 aliphatic heterocycles. The number of carbonyl (C=O) groups excluding carboxylic acids is 2. The summed E-state index contributed by atoms with van der Waals surface area (Å²) in [7, 11) is 0. The van der Waals surface area contributed by atoms with Gasteiger partial charge in [0.05, 0.1) is 42.0 Å². The molecule has 50 heavy (non-hydrogen) atoms. The first-order valence-corrected chi connectivity index (χ1v) is 16.4. The molecule has 1 unspecified atom stereocenters. The number of hydrogen-bond donors (Lipinski definition) is 1. The van der Waals surface area contributed by atoms with Gasteiger partial charge in [-0.05, 0) is 67.5 Å². The molecule has 0 bridgehead atoms. The number of piperidine rings is 1. The number of halogens is 7. The second kappa shape index (κ2) is 16.2. The molecule has 1 heterocycles. The van der Waals surface area contributed by atoms with E-state index in [0.29, 0.717) is 42.0 Å². The van der Waals surface area contributed by atoms with Gasteiger partial charge >= 0.3 is 18.4 Å². The Morgan fingerprint density at radius 2 is 1.54 bits per heavy atom. The van der Waals surface area contributed by atoms with Crippen molar-refractivity contribution in [3.8, 4) is 6.07 Å². The monoisotopic (exact) mass is 723 g/mol. The molecule has 1 aliphatic rings. The van der Waals surface area contributed by atoms with Crippen LogP contribution in [0.3, 0.4) is 0 Å². The van der Waals surface area contributed by atoms with Crippen molar-refractivity contribution in [2.24, 2.45) is 0 Å². The summed E-state index contributed by atoms with van der Waals surface area (Å²) in [6.45, 7) is 0.414. The van der Waals surface area contributed by atoms with Crippen molar-refractivity contribution in [3.05, 3.63) is 107 Å². The lowest BCUT2D eigenvalue weighted by atomic mass is 9.75. The maximum Gasteiger partial charge on any atom is 0.416 e. The Morgan fingerprint density at radius 1 is 0.940 bits per heavy atom. The highest BCUT2D eigenvalue weighted by Gasteiger charge is 2.53. The summed E-state index contributed by atoms with van der Waals surface area (Å²) >= 11 is 5.74. The Bertz CT molecular complexity index is 1620. The first-order valence-electron chi connectivity index (χ1n) is 15.9. The predicted molar refractivity (Wildman–Crippen MR) is 173 cm³/mol. The molecule has 3 aromatic carbocycles. The van der Waals surface area contributed by atoms with Gasteiger partial charge in [-0.2, -0.15) is 31.6 Å². The minimum Gasteiger partial charge on any atom is -0.445 e. The van der Waals surface area contributed by atoms with Crippen LogP contribution in [0.25, 0.3) is 0 Å². The third kappa shape index (κ3) is 9.48. The molecule has 0 aromatic heterocycles. The van der Waals surface area contributed by atoms with Gasteiger partial charge in [0.1, 0.15) is 12.1 Å². The molecule has 268 valence electrons. The van der Waals surface area contributed by atoms with Gasteiger partial charge in [-0.1, -0.05) is 60.7 Å². The number of hydrogen-bond acceptors (Lipinski definition) is 5. The van der Waals surface area contributed by atoms with Gasteiger partial charge in [-0.3, -0.25) is 9.69 Å². The number of nitrogens with zero attached hydrogens (tertiary/aromatic N) is 2. The highest BCUT2D eigenvalue weighted by molar-refractivity contribution is 6.17. The Kier molecular flexibility index (Phi) is 12.5. The van der Waals surface area contributed by atoms with Crippen LogP contribution in [0.5, 0.6) is 0 Å². The van der Waals surface area contributed by atoms with Crippen molar-refractivity contribution in [2.45, 2.75) is 75.2 Å². The van der Waals surface area contributed by atoms with E-state index >= 15 is 0 Å². The van der Waals surface area contributed by atoms with Crippen LogP contribution in [0.4, 0.5) is 31.1 Å². The van der Waals surface area contributed by atoms with E-state index in [0.717, 1.165) is 0 Å². The molecular weight excluding hydrogens is 688 g/mol. The Hall–Kier alpha value is -4.28. The molecule has 0 saturated carbocycles. The first-order chi connectivity index (χ1) is 23.6. The van der Waals surface area contributed by atoms with E-state index in [1.54, 1.807) is 60.7 Å². The van der Waals surface area contributed by atoms with E-state index in [1.807, 2.05) is 0 Å². The third-order valence-electron chi connectivity index (χ3n) is 8.68. The van der Waals surface area contributed by atoms with E-state index in [4.69, 9.17) is 21.1 Å². The molecule has 1 saturated heterocycles. The average molecular weight is 724 g/mol. The average Bonchev–Trinajstić information content (AvgIpc) is 3.10. The highest BCUT2D eigenvalue weighted by Crippen LogP contribution is 2.44. The summed E-state index contributed by atoms with van der Waals surface area (Å²) in [6.07, 6.45) is -11.1. The van der Waals surface area contributed by atoms with Crippen molar-refractivity contribution >= 4 is 23.6 Å². The van der Waals surface area contributed by atoms with E-state index in [9.17, 15) is 41.2 Å². The number of benzene rings is 3. The molecule has 3 atom stereocenters. The molecule has 0 radical (unpaired) electrons. The summed E-state index contributed by atoms with van der Waals surface area (Å²) < 4.78 is 93.7. The number of unbranched alkanes of at least 4 members (excludes halogenated alkanes) is 1. The molecule has 0 spiro atoms. The first kappa shape index (κ1) is 38.5. The van der Waals surface area contributed by atoms with E-state index in [1.165, 1.54) is 11.8 Å². The van der Waals surface area contributed by atoms with Crippen molar-refractivity contribution in [3.63, 3.8) is 0 Å². The van der Waals surface area contributed by atoms with Crippen LogP contribution < -0.4 is 5.32 Å². The normalized spacial score (nSPS) is 20.1. The standard InChI is InChI=1S/C36H36ClF6N3O4/c1-25(27-18-29(35(38,39)40)20-30(19-27)36(41,42)43)50-24-34(28-12-6-3-7-13-28)16-15-33(22-44,45-31(47)14-8-9-17-37)23-46(34)32(48)49-21-26-10-4-2-5-11-26/h2-7,10-13,18-20,25H,8-9,14-17,21,23-24H2,1H3,(H,45,47)/t25-,33?,34-/m1/s1. The van der Waals surface area contributed by atoms with Crippen molar-refractivity contribution in [1.82, 2.24) is 10.2 Å². The van der Waals surface area contributed by atoms with E-state index < -0.39 is 59.3 Å². The summed E-state index contributed by atoms with van der Waals surface area (Å²) in [6, 6.07) is 20.7. The van der Waals surface area contributed by atoms with Crippen LogP contribution >= 0.6 is 11.6 Å². The number of rotatable bonds is 12. The minimum atomic E-state index is -5.06. The molecular formula is C36H36ClF6N3O4. The van der Waals surface area contributed by atoms with Crippen LogP contribution in [0.15, 0.2) is 78.9 Å². The Labute approximate surface area is 291 Å². The molecule has 2 amide bonds. The number of nitriles is 1. The Morgan fingerprint density at radius 3 is 2.10 bits per heavy atom. The van der Waals surface area contributed by atoms with Crippen molar-refractivity contribution in [1.29, 1.82) is 5.26 Å². The van der Waals surface area contributed by atoms with E-state index in [-0.39, 0.29) is 44.0 Å². The maximum atomic E-state index is 14.0. The number of alkyl halides is 7. The number of likely N-dealkylation sites (tertiary alicyclic amines) is 1. The van der Waals surface area contributed by atoms with Gasteiger partial charge in [-0.15, -0.1) is 11.6 Å². The maximum absolute atomic E-state index is 14.0. The van der Waals surface area contributed by atoms with Gasteiger partial charge < -0.3 is 14.8 Å². The lowest BCUT2D eigenvalue weighted by Gasteiger charge is -2.51. The van der Waals surface area contributed by atoms with Crippen LogP contribution in [-0.2, 0) is 38.8 Å². The molecule has 0 aliphatic carbocycles. The van der Waals surface area contributed by atoms with Crippen molar-refractivity contribution < 1.29 is 45.4 Å². The summed E-state index contributed by atoms with van der Waals surface area (Å²) in [5.41, 5.74) is -5.13. The lowest BCUT2D eigenvalue weighted by molar-refractivity contribution is -0.143. The minimum absolute atomic E-state index is 0.0100. The number of amides is 2. The summed E-state index contributed by atoms with van der Waals surface area (Å²) in [5.74, 6) is -0.0651. The predicted octanol–water partition coefficient (Wildman–Crippen LogP) is 8.92. The fraction of sp³-hybridized carbons (Fsp3) is 0.417. The Balaban J connectivity index is 1.73. The third-order valence-corrected chi connectivity index (χ3v) is 8.95. The van der Waals surface area contributed by atoms with Gasteiger partial charge in [0.25, 0.3) is 0 Å². The molecule has 4 rings (SSSR count). The van der Waals surface area contributed by atoms with Crippen LogP contribution in [-0.4, -0.2) is 41.5 Å². The second-order valence-corrected chi connectivity index (χ2v) is 12.6. The summed E-state index contributed by atoms with van der Waals surface area (Å²) in [5, 5.41) is 13.2. The summed E-state index contributed by atoms with van der Waals surface area (Å²) in [4.78, 5) is 28.2. The smallest absolute Gasteiger partial charge is 0.416 e. The zero-order valence-electron chi connectivity index (χ0n) is 27.1. The van der Waals surface area contributed by atoms with Crippen LogP contribution in [0.2, 0.25) is 0 Å². The largest absolute Gasteiger partial charge is 0.445 e. The topological polar surface area (TPSA) is 91.7 Å². The molecule has 3 aromatic rings. The molecule has 1 N–H and O–H groups in total. The quantitative estimate of drug-likeness (QED) is 0.115. The van der Waals surface area contributed by atoms with Gasteiger partial charge in [0, 0.05) is 12.3 Å². The number of carbonyl (C=O) groups is 2. The molecule has 1 fully saturated rings. The van der Waals surface area contributed by atoms with Crippen LogP contribution in [0.1, 0.15) is 72.9 Å². The van der Waals surface area contributed by atoms with Crippen LogP contribution in [0, 0.1) is 11.3 Å². The number of nitrogens with one attached hydrogen (secondary N) is 1. The highest BCUT2D eigenvalue weighted by atomic mass is 35.5. The second-order valence-electron chi connectivity index (χ2n) is 12.2. The molecule has 14 heteroatoms. The molecule has 7 nitrogen and oxygen atoms in total. The van der Waals surface area contributed by atoms with Gasteiger partial charge in [0.15, 0.2) is 0 Å². The van der Waals surface area contributed by atoms with Crippen molar-refractivity contribution in [2.75, 3.05) is 19.0 Å². The number of ether oxygens (including phenoxy) is 2. The SMILES string of the molecule is C[C@@H](OC[C@@]1(c2ccccc2)CCC(C#N)(NC(=O)CCCCCl)CN1C(=O)OCc1ccccc1)c1cc(C(F)(F)F)cc(C(F)(F)F)c1. The zero-order chi connectivity index (χ0) is 36.6. The van der Waals surface area contributed by atoms with Gasteiger partial charge in [0.2, 0.25) is 5.91 Å². The van der Waals surface area contributed by atoms with Gasteiger partial charge in [-0.25, -0.2) is 4.79 Å². The fourth-order valence-electron chi connectivity index (χ4n) is 5.88.